The number of aliphatic imine (C=N–C) groups is 1. The number of halogens is 1. The summed E-state index contributed by atoms with van der Waals surface area (Å²) in [6, 6.07) is 13.6. The Hall–Kier alpha value is -1.74. The highest BCUT2D eigenvalue weighted by Gasteiger charge is 2.20. The number of anilines is 2. The first-order chi connectivity index (χ1) is 14.3. The van der Waals surface area contributed by atoms with Gasteiger partial charge in [0.2, 0.25) is 0 Å². The van der Waals surface area contributed by atoms with Crippen molar-refractivity contribution in [1.82, 2.24) is 10.6 Å². The molecule has 1 saturated heterocycles. The van der Waals surface area contributed by atoms with Gasteiger partial charge < -0.3 is 20.4 Å². The Balaban J connectivity index is 0.00000256. The van der Waals surface area contributed by atoms with E-state index in [4.69, 9.17) is 4.99 Å². The van der Waals surface area contributed by atoms with Gasteiger partial charge in [0, 0.05) is 44.5 Å². The Morgan fingerprint density at radius 2 is 1.90 bits per heavy atom. The summed E-state index contributed by atoms with van der Waals surface area (Å²) in [5, 5.41) is 10.6. The van der Waals surface area contributed by atoms with Crippen LogP contribution < -0.4 is 20.4 Å². The van der Waals surface area contributed by atoms with Crippen LogP contribution in [-0.2, 0) is 6.54 Å². The third-order valence-corrected chi connectivity index (χ3v) is 6.44. The molecule has 5 nitrogen and oxygen atoms in total. The van der Waals surface area contributed by atoms with Crippen molar-refractivity contribution in [3.63, 3.8) is 0 Å². The van der Waals surface area contributed by atoms with Crippen LogP contribution in [0.2, 0.25) is 0 Å². The first-order valence-electron chi connectivity index (χ1n) is 10.6. The SMILES string of the molecule is CCNC(=NCc1cccc(N2CC=CC2)c1)NC1CCN(c2cccs2)CC1.I. The summed E-state index contributed by atoms with van der Waals surface area (Å²) >= 11 is 1.83. The van der Waals surface area contributed by atoms with Gasteiger partial charge in [-0.05, 0) is 55.0 Å². The van der Waals surface area contributed by atoms with E-state index in [9.17, 15) is 0 Å². The molecule has 0 unspecified atom stereocenters. The lowest BCUT2D eigenvalue weighted by Gasteiger charge is -2.33. The number of nitrogens with one attached hydrogen (secondary N) is 2. The van der Waals surface area contributed by atoms with Crippen LogP contribution in [0.15, 0.2) is 58.9 Å². The standard InChI is InChI=1S/C23H31N5S.HI/c1-2-24-23(26-20-10-14-28(15-11-20)22-9-6-16-29-22)25-18-19-7-5-8-21(17-19)27-12-3-4-13-27;/h3-9,16-17,20H,2,10-15,18H2,1H3,(H2,24,25,26);1H. The van der Waals surface area contributed by atoms with E-state index >= 15 is 0 Å². The van der Waals surface area contributed by atoms with Crippen LogP contribution in [0, 0.1) is 0 Å². The molecule has 2 aliphatic rings. The van der Waals surface area contributed by atoms with Gasteiger partial charge in [0.1, 0.15) is 0 Å². The maximum absolute atomic E-state index is 4.86. The third-order valence-electron chi connectivity index (χ3n) is 5.51. The molecule has 1 aromatic carbocycles. The largest absolute Gasteiger partial charge is 0.364 e. The topological polar surface area (TPSA) is 42.9 Å². The lowest BCUT2D eigenvalue weighted by Crippen LogP contribution is -2.48. The molecule has 0 saturated carbocycles. The molecule has 2 aromatic rings. The van der Waals surface area contributed by atoms with Crippen molar-refractivity contribution < 1.29 is 0 Å². The van der Waals surface area contributed by atoms with Crippen LogP contribution >= 0.6 is 35.3 Å². The summed E-state index contributed by atoms with van der Waals surface area (Å²) in [4.78, 5) is 9.73. The van der Waals surface area contributed by atoms with Crippen LogP contribution in [-0.4, -0.2) is 44.7 Å². The van der Waals surface area contributed by atoms with Crippen molar-refractivity contribution in [3.05, 3.63) is 59.5 Å². The molecule has 1 aromatic heterocycles. The van der Waals surface area contributed by atoms with E-state index < -0.39 is 0 Å². The van der Waals surface area contributed by atoms with Gasteiger partial charge in [-0.3, -0.25) is 0 Å². The fourth-order valence-electron chi connectivity index (χ4n) is 3.92. The number of hydrogen-bond donors (Lipinski definition) is 2. The maximum Gasteiger partial charge on any atom is 0.191 e. The molecule has 0 atom stereocenters. The Labute approximate surface area is 201 Å². The highest BCUT2D eigenvalue weighted by molar-refractivity contribution is 14.0. The first-order valence-corrected chi connectivity index (χ1v) is 11.5. The Morgan fingerprint density at radius 1 is 1.10 bits per heavy atom. The van der Waals surface area contributed by atoms with Crippen molar-refractivity contribution in [2.45, 2.75) is 32.4 Å². The lowest BCUT2D eigenvalue weighted by molar-refractivity contribution is 0.463. The minimum atomic E-state index is 0. The van der Waals surface area contributed by atoms with E-state index in [0.29, 0.717) is 12.6 Å². The molecule has 162 valence electrons. The molecular formula is C23H32IN5S. The van der Waals surface area contributed by atoms with Gasteiger partial charge in [-0.2, -0.15) is 0 Å². The number of piperidine rings is 1. The predicted octanol–water partition coefficient (Wildman–Crippen LogP) is 4.47. The molecule has 0 bridgehead atoms. The summed E-state index contributed by atoms with van der Waals surface area (Å²) in [7, 11) is 0. The normalized spacial score (nSPS) is 17.2. The third kappa shape index (κ3) is 6.14. The fraction of sp³-hybridized carbons (Fsp3) is 0.435. The van der Waals surface area contributed by atoms with E-state index in [2.05, 4.69) is 81.3 Å². The molecule has 7 heteroatoms. The van der Waals surface area contributed by atoms with Crippen molar-refractivity contribution in [2.75, 3.05) is 42.5 Å². The van der Waals surface area contributed by atoms with Crippen LogP contribution in [0.3, 0.4) is 0 Å². The molecule has 0 amide bonds. The summed E-state index contributed by atoms with van der Waals surface area (Å²) in [6.07, 6.45) is 6.73. The van der Waals surface area contributed by atoms with E-state index in [1.807, 2.05) is 11.3 Å². The average molecular weight is 538 g/mol. The van der Waals surface area contributed by atoms with Crippen LogP contribution in [0.4, 0.5) is 10.7 Å². The zero-order valence-corrected chi connectivity index (χ0v) is 20.7. The highest BCUT2D eigenvalue weighted by atomic mass is 127. The minimum absolute atomic E-state index is 0. The molecule has 2 aliphatic heterocycles. The molecule has 0 radical (unpaired) electrons. The summed E-state index contributed by atoms with van der Waals surface area (Å²) in [5.74, 6) is 0.926. The molecule has 2 N–H and O–H groups in total. The van der Waals surface area contributed by atoms with E-state index in [-0.39, 0.29) is 24.0 Å². The van der Waals surface area contributed by atoms with E-state index in [1.165, 1.54) is 16.3 Å². The summed E-state index contributed by atoms with van der Waals surface area (Å²) in [6.45, 7) is 7.89. The predicted molar refractivity (Wildman–Crippen MR) is 141 cm³/mol. The van der Waals surface area contributed by atoms with Crippen molar-refractivity contribution in [2.24, 2.45) is 4.99 Å². The van der Waals surface area contributed by atoms with Crippen molar-refractivity contribution in [3.8, 4) is 0 Å². The van der Waals surface area contributed by atoms with Gasteiger partial charge in [-0.15, -0.1) is 35.3 Å². The molecule has 1 fully saturated rings. The zero-order valence-electron chi connectivity index (χ0n) is 17.6. The summed E-state index contributed by atoms with van der Waals surface area (Å²) < 4.78 is 0. The summed E-state index contributed by atoms with van der Waals surface area (Å²) in [5.41, 5.74) is 2.53. The molecular weight excluding hydrogens is 505 g/mol. The number of rotatable bonds is 6. The minimum Gasteiger partial charge on any atom is -0.364 e. The van der Waals surface area contributed by atoms with Gasteiger partial charge in [-0.25, -0.2) is 4.99 Å². The van der Waals surface area contributed by atoms with Gasteiger partial charge in [-0.1, -0.05) is 24.3 Å². The fourth-order valence-corrected chi connectivity index (χ4v) is 4.70. The molecule has 4 rings (SSSR count). The lowest BCUT2D eigenvalue weighted by atomic mass is 10.1. The molecule has 0 aliphatic carbocycles. The van der Waals surface area contributed by atoms with Gasteiger partial charge >= 0.3 is 0 Å². The number of thiophene rings is 1. The quantitative estimate of drug-likeness (QED) is 0.247. The van der Waals surface area contributed by atoms with E-state index in [1.54, 1.807) is 0 Å². The maximum atomic E-state index is 4.86. The molecule has 3 heterocycles. The first kappa shape index (κ1) is 22.9. The van der Waals surface area contributed by atoms with Crippen LogP contribution in [0.25, 0.3) is 0 Å². The average Bonchev–Trinajstić information content (AvgIpc) is 3.47. The van der Waals surface area contributed by atoms with Crippen molar-refractivity contribution in [1.29, 1.82) is 0 Å². The number of nitrogens with zero attached hydrogens (tertiary/aromatic N) is 3. The Morgan fingerprint density at radius 3 is 2.60 bits per heavy atom. The second-order valence-electron chi connectivity index (χ2n) is 7.60. The Kier molecular flexibility index (Phi) is 8.87. The zero-order chi connectivity index (χ0) is 19.9. The molecule has 30 heavy (non-hydrogen) atoms. The van der Waals surface area contributed by atoms with Crippen LogP contribution in [0.5, 0.6) is 0 Å². The van der Waals surface area contributed by atoms with Crippen LogP contribution in [0.1, 0.15) is 25.3 Å². The second-order valence-corrected chi connectivity index (χ2v) is 8.52. The number of hydrogen-bond acceptors (Lipinski definition) is 4. The molecule has 0 spiro atoms. The Bertz CT molecular complexity index is 820. The number of benzene rings is 1. The van der Waals surface area contributed by atoms with E-state index in [0.717, 1.165) is 51.5 Å². The highest BCUT2D eigenvalue weighted by Crippen LogP contribution is 2.25. The van der Waals surface area contributed by atoms with Crippen molar-refractivity contribution >= 4 is 52.0 Å². The smallest absolute Gasteiger partial charge is 0.191 e. The van der Waals surface area contributed by atoms with Gasteiger partial charge in [0.25, 0.3) is 0 Å². The van der Waals surface area contributed by atoms with Gasteiger partial charge in [0.15, 0.2) is 5.96 Å². The van der Waals surface area contributed by atoms with Gasteiger partial charge in [0.05, 0.1) is 11.5 Å². The number of guanidine groups is 1. The monoisotopic (exact) mass is 537 g/mol. The second kappa shape index (κ2) is 11.6.